The molecule has 23 heavy (non-hydrogen) atoms. The zero-order valence-corrected chi connectivity index (χ0v) is 13.8. The van der Waals surface area contributed by atoms with Gasteiger partial charge < -0.3 is 14.6 Å². The number of benzene rings is 1. The molecule has 1 amide bonds. The molecule has 1 aromatic carbocycles. The van der Waals surface area contributed by atoms with Crippen LogP contribution in [-0.2, 0) is 6.42 Å². The lowest BCUT2D eigenvalue weighted by atomic mass is 10.0. The topological polar surface area (TPSA) is 45.5 Å². The first-order valence-electron chi connectivity index (χ1n) is 8.21. The zero-order valence-electron chi connectivity index (χ0n) is 13.8. The standard InChI is InChI=1S/C19H24N2O2/c1-21(2)16(12-14-6-4-3-5-7-14)13-20-19(22)17-10-11-23-18(17)15-8-9-15/h3-7,10-11,15-16H,8-9,12-13H2,1-2H3,(H,20,22)/t16-/m1/s1. The molecular weight excluding hydrogens is 288 g/mol. The third kappa shape index (κ3) is 4.02. The Morgan fingerprint density at radius 1 is 1.26 bits per heavy atom. The van der Waals surface area contributed by atoms with E-state index in [4.69, 9.17) is 4.42 Å². The monoisotopic (exact) mass is 312 g/mol. The van der Waals surface area contributed by atoms with Crippen LogP contribution in [0.2, 0.25) is 0 Å². The van der Waals surface area contributed by atoms with Crippen molar-refractivity contribution < 1.29 is 9.21 Å². The molecule has 1 aliphatic rings. The van der Waals surface area contributed by atoms with Crippen LogP contribution in [0.3, 0.4) is 0 Å². The van der Waals surface area contributed by atoms with E-state index in [2.05, 4.69) is 22.3 Å². The number of nitrogens with one attached hydrogen (secondary N) is 1. The Bertz CT molecular complexity index is 644. The van der Waals surface area contributed by atoms with Gasteiger partial charge in [0.05, 0.1) is 11.8 Å². The molecule has 4 nitrogen and oxygen atoms in total. The largest absolute Gasteiger partial charge is 0.468 e. The number of likely N-dealkylation sites (N-methyl/N-ethyl adjacent to an activating group) is 1. The molecular formula is C19H24N2O2. The number of carbonyl (C=O) groups is 1. The van der Waals surface area contributed by atoms with Crippen molar-refractivity contribution in [3.63, 3.8) is 0 Å². The smallest absolute Gasteiger partial charge is 0.254 e. The van der Waals surface area contributed by atoms with Crippen molar-refractivity contribution in [2.24, 2.45) is 0 Å². The molecule has 0 bridgehead atoms. The first-order valence-corrected chi connectivity index (χ1v) is 8.21. The number of rotatable bonds is 7. The second-order valence-corrected chi connectivity index (χ2v) is 6.49. The van der Waals surface area contributed by atoms with Gasteiger partial charge in [0.15, 0.2) is 0 Å². The lowest BCUT2D eigenvalue weighted by molar-refractivity contribution is 0.0939. The molecule has 1 N–H and O–H groups in total. The summed E-state index contributed by atoms with van der Waals surface area (Å²) >= 11 is 0. The van der Waals surface area contributed by atoms with Gasteiger partial charge in [0.25, 0.3) is 5.91 Å². The first-order chi connectivity index (χ1) is 11.1. The molecule has 2 aromatic rings. The molecule has 0 saturated heterocycles. The SMILES string of the molecule is CN(C)[C@@H](CNC(=O)c1ccoc1C1CC1)Cc1ccccc1. The number of nitrogens with zero attached hydrogens (tertiary/aromatic N) is 1. The summed E-state index contributed by atoms with van der Waals surface area (Å²) in [5, 5.41) is 3.07. The van der Waals surface area contributed by atoms with Gasteiger partial charge >= 0.3 is 0 Å². The Hall–Kier alpha value is -2.07. The Balaban J connectivity index is 1.60. The van der Waals surface area contributed by atoms with Crippen LogP contribution in [0, 0.1) is 0 Å². The van der Waals surface area contributed by atoms with E-state index in [1.54, 1.807) is 12.3 Å². The number of furan rings is 1. The van der Waals surface area contributed by atoms with Crippen molar-refractivity contribution >= 4 is 5.91 Å². The summed E-state index contributed by atoms with van der Waals surface area (Å²) < 4.78 is 5.49. The number of amides is 1. The molecule has 0 aliphatic heterocycles. The van der Waals surface area contributed by atoms with E-state index in [0.29, 0.717) is 18.0 Å². The molecule has 3 rings (SSSR count). The molecule has 0 spiro atoms. The summed E-state index contributed by atoms with van der Waals surface area (Å²) in [6, 6.07) is 12.4. The molecule has 1 aromatic heterocycles. The van der Waals surface area contributed by atoms with Crippen molar-refractivity contribution in [2.45, 2.75) is 31.2 Å². The minimum atomic E-state index is -0.0273. The van der Waals surface area contributed by atoms with Gasteiger partial charge in [-0.1, -0.05) is 30.3 Å². The van der Waals surface area contributed by atoms with Crippen LogP contribution in [0.15, 0.2) is 47.1 Å². The Morgan fingerprint density at radius 3 is 2.65 bits per heavy atom. The highest BCUT2D eigenvalue weighted by Crippen LogP contribution is 2.42. The van der Waals surface area contributed by atoms with Gasteiger partial charge in [0, 0.05) is 18.5 Å². The molecule has 1 fully saturated rings. The normalized spacial score (nSPS) is 15.6. The molecule has 4 heteroatoms. The van der Waals surface area contributed by atoms with E-state index < -0.39 is 0 Å². The average molecular weight is 312 g/mol. The molecule has 0 radical (unpaired) electrons. The predicted octanol–water partition coefficient (Wildman–Crippen LogP) is 3.06. The van der Waals surface area contributed by atoms with Crippen LogP contribution in [0.1, 0.15) is 40.4 Å². The van der Waals surface area contributed by atoms with E-state index in [0.717, 1.165) is 25.0 Å². The maximum atomic E-state index is 12.4. The van der Waals surface area contributed by atoms with Gasteiger partial charge in [-0.15, -0.1) is 0 Å². The Labute approximate surface area is 137 Å². The second kappa shape index (κ2) is 7.01. The Kier molecular flexibility index (Phi) is 4.82. The average Bonchev–Trinajstić information content (AvgIpc) is 3.28. The quantitative estimate of drug-likeness (QED) is 0.854. The molecule has 1 heterocycles. The van der Waals surface area contributed by atoms with E-state index >= 15 is 0 Å². The van der Waals surface area contributed by atoms with E-state index in [-0.39, 0.29) is 11.9 Å². The van der Waals surface area contributed by atoms with Gasteiger partial charge in [-0.25, -0.2) is 0 Å². The fourth-order valence-electron chi connectivity index (χ4n) is 2.80. The molecule has 0 unspecified atom stereocenters. The zero-order chi connectivity index (χ0) is 16.2. The number of hydrogen-bond acceptors (Lipinski definition) is 3. The lowest BCUT2D eigenvalue weighted by Gasteiger charge is -2.24. The molecule has 1 atom stereocenters. The third-order valence-corrected chi connectivity index (χ3v) is 4.43. The fraction of sp³-hybridized carbons (Fsp3) is 0.421. The van der Waals surface area contributed by atoms with Gasteiger partial charge in [-0.3, -0.25) is 4.79 Å². The van der Waals surface area contributed by atoms with Crippen molar-refractivity contribution in [2.75, 3.05) is 20.6 Å². The highest BCUT2D eigenvalue weighted by molar-refractivity contribution is 5.95. The third-order valence-electron chi connectivity index (χ3n) is 4.43. The van der Waals surface area contributed by atoms with Crippen molar-refractivity contribution in [1.82, 2.24) is 10.2 Å². The van der Waals surface area contributed by atoms with Crippen molar-refractivity contribution in [3.05, 3.63) is 59.5 Å². The maximum absolute atomic E-state index is 12.4. The van der Waals surface area contributed by atoms with Gasteiger partial charge in [-0.2, -0.15) is 0 Å². The summed E-state index contributed by atoms with van der Waals surface area (Å²) in [6.07, 6.45) is 4.79. The van der Waals surface area contributed by atoms with Gasteiger partial charge in [0.1, 0.15) is 5.76 Å². The first kappa shape index (κ1) is 15.8. The minimum Gasteiger partial charge on any atom is -0.468 e. The van der Waals surface area contributed by atoms with Crippen molar-refractivity contribution in [3.8, 4) is 0 Å². The summed E-state index contributed by atoms with van der Waals surface area (Å²) in [4.78, 5) is 14.6. The van der Waals surface area contributed by atoms with Crippen LogP contribution >= 0.6 is 0 Å². The summed E-state index contributed by atoms with van der Waals surface area (Å²) in [6.45, 7) is 0.621. The van der Waals surface area contributed by atoms with Gasteiger partial charge in [-0.05, 0) is 45.0 Å². The number of hydrogen-bond donors (Lipinski definition) is 1. The fourth-order valence-corrected chi connectivity index (χ4v) is 2.80. The highest BCUT2D eigenvalue weighted by atomic mass is 16.3. The van der Waals surface area contributed by atoms with Crippen LogP contribution in [0.5, 0.6) is 0 Å². The van der Waals surface area contributed by atoms with Crippen LogP contribution < -0.4 is 5.32 Å². The number of carbonyl (C=O) groups excluding carboxylic acids is 1. The van der Waals surface area contributed by atoms with Crippen LogP contribution in [0.4, 0.5) is 0 Å². The molecule has 122 valence electrons. The summed E-state index contributed by atoms with van der Waals surface area (Å²) in [7, 11) is 4.10. The maximum Gasteiger partial charge on any atom is 0.254 e. The second-order valence-electron chi connectivity index (χ2n) is 6.49. The predicted molar refractivity (Wildman–Crippen MR) is 90.6 cm³/mol. The summed E-state index contributed by atoms with van der Waals surface area (Å²) in [5.74, 6) is 1.27. The lowest BCUT2D eigenvalue weighted by Crippen LogP contribution is -2.41. The van der Waals surface area contributed by atoms with E-state index in [1.165, 1.54) is 5.56 Å². The van der Waals surface area contributed by atoms with Crippen LogP contribution in [-0.4, -0.2) is 37.5 Å². The highest BCUT2D eigenvalue weighted by Gasteiger charge is 2.31. The van der Waals surface area contributed by atoms with Crippen molar-refractivity contribution in [1.29, 1.82) is 0 Å². The minimum absolute atomic E-state index is 0.0273. The Morgan fingerprint density at radius 2 is 2.00 bits per heavy atom. The van der Waals surface area contributed by atoms with Crippen LogP contribution in [0.25, 0.3) is 0 Å². The summed E-state index contributed by atoms with van der Waals surface area (Å²) in [5.41, 5.74) is 1.98. The van der Waals surface area contributed by atoms with Gasteiger partial charge in [0.2, 0.25) is 0 Å². The molecule has 1 aliphatic carbocycles. The van der Waals surface area contributed by atoms with E-state index in [1.807, 2.05) is 32.3 Å². The van der Waals surface area contributed by atoms with E-state index in [9.17, 15) is 4.79 Å². The molecule has 1 saturated carbocycles.